The number of aliphatic hydroxyl groups is 1. The number of nitrogens with two attached hydrogens (primary N) is 1. The Labute approximate surface area is 120 Å². The van der Waals surface area contributed by atoms with Gasteiger partial charge in [-0.2, -0.15) is 0 Å². The SMILES string of the molecule is CCc1ccccc1OCC(O)c1ccc(CN)cc1. The molecule has 0 bridgehead atoms. The van der Waals surface area contributed by atoms with Gasteiger partial charge in [0.2, 0.25) is 0 Å². The van der Waals surface area contributed by atoms with E-state index in [1.807, 2.05) is 48.5 Å². The standard InChI is InChI=1S/C17H21NO2/c1-2-14-5-3-4-6-17(14)20-12-16(19)15-9-7-13(11-18)8-10-15/h3-10,16,19H,2,11-12,18H2,1H3. The van der Waals surface area contributed by atoms with E-state index < -0.39 is 6.10 Å². The van der Waals surface area contributed by atoms with E-state index in [1.54, 1.807) is 0 Å². The predicted octanol–water partition coefficient (Wildman–Crippen LogP) is 2.82. The highest BCUT2D eigenvalue weighted by atomic mass is 16.5. The third-order valence-corrected chi connectivity index (χ3v) is 3.35. The van der Waals surface area contributed by atoms with Crippen LogP contribution in [-0.2, 0) is 13.0 Å². The summed E-state index contributed by atoms with van der Waals surface area (Å²) in [6.07, 6.45) is 0.282. The van der Waals surface area contributed by atoms with E-state index in [-0.39, 0.29) is 6.61 Å². The van der Waals surface area contributed by atoms with Crippen LogP contribution in [0.3, 0.4) is 0 Å². The minimum absolute atomic E-state index is 0.249. The van der Waals surface area contributed by atoms with Gasteiger partial charge in [0.1, 0.15) is 18.5 Å². The molecule has 3 nitrogen and oxygen atoms in total. The number of aryl methyl sites for hydroxylation is 1. The molecule has 2 aromatic rings. The van der Waals surface area contributed by atoms with Crippen molar-refractivity contribution >= 4 is 0 Å². The Morgan fingerprint density at radius 2 is 1.80 bits per heavy atom. The number of ether oxygens (including phenoxy) is 1. The molecule has 1 atom stereocenters. The van der Waals surface area contributed by atoms with Gasteiger partial charge in [0.05, 0.1) is 0 Å². The molecule has 106 valence electrons. The van der Waals surface area contributed by atoms with Gasteiger partial charge < -0.3 is 15.6 Å². The molecule has 2 rings (SSSR count). The first kappa shape index (κ1) is 14.6. The van der Waals surface area contributed by atoms with Crippen LogP contribution in [0, 0.1) is 0 Å². The zero-order valence-corrected chi connectivity index (χ0v) is 11.8. The van der Waals surface area contributed by atoms with Crippen LogP contribution in [0.25, 0.3) is 0 Å². The van der Waals surface area contributed by atoms with Crippen LogP contribution in [0.5, 0.6) is 5.75 Å². The van der Waals surface area contributed by atoms with E-state index in [2.05, 4.69) is 6.92 Å². The molecule has 1 unspecified atom stereocenters. The van der Waals surface area contributed by atoms with Crippen LogP contribution in [0.4, 0.5) is 0 Å². The Kier molecular flexibility index (Phi) is 5.16. The lowest BCUT2D eigenvalue weighted by molar-refractivity contribution is 0.107. The van der Waals surface area contributed by atoms with Crippen LogP contribution in [0.1, 0.15) is 29.7 Å². The molecule has 0 saturated heterocycles. The van der Waals surface area contributed by atoms with Crippen LogP contribution in [-0.4, -0.2) is 11.7 Å². The van der Waals surface area contributed by atoms with E-state index in [0.717, 1.165) is 28.9 Å². The summed E-state index contributed by atoms with van der Waals surface area (Å²) in [6, 6.07) is 15.5. The topological polar surface area (TPSA) is 55.5 Å². The van der Waals surface area contributed by atoms with Crippen molar-refractivity contribution in [2.75, 3.05) is 6.61 Å². The Balaban J connectivity index is 1.98. The van der Waals surface area contributed by atoms with Crippen molar-refractivity contribution in [1.82, 2.24) is 0 Å². The van der Waals surface area contributed by atoms with E-state index >= 15 is 0 Å². The number of aliphatic hydroxyl groups excluding tert-OH is 1. The fourth-order valence-electron chi connectivity index (χ4n) is 2.08. The molecule has 0 amide bonds. The predicted molar refractivity (Wildman–Crippen MR) is 80.6 cm³/mol. The summed E-state index contributed by atoms with van der Waals surface area (Å²) in [6.45, 7) is 2.85. The molecule has 20 heavy (non-hydrogen) atoms. The molecule has 0 heterocycles. The summed E-state index contributed by atoms with van der Waals surface area (Å²) in [5, 5.41) is 10.2. The van der Waals surface area contributed by atoms with Crippen molar-refractivity contribution in [3.05, 3.63) is 65.2 Å². The first-order chi connectivity index (χ1) is 9.74. The van der Waals surface area contributed by atoms with Crippen molar-refractivity contribution in [2.45, 2.75) is 26.0 Å². The molecule has 0 aliphatic rings. The van der Waals surface area contributed by atoms with Crippen LogP contribution in [0.2, 0.25) is 0 Å². The molecule has 0 aliphatic heterocycles. The fraction of sp³-hybridized carbons (Fsp3) is 0.294. The summed E-state index contributed by atoms with van der Waals surface area (Å²) in [4.78, 5) is 0. The van der Waals surface area contributed by atoms with Crippen LogP contribution in [0.15, 0.2) is 48.5 Å². The lowest BCUT2D eigenvalue weighted by Gasteiger charge is -2.15. The normalized spacial score (nSPS) is 12.2. The van der Waals surface area contributed by atoms with Gasteiger partial charge in [-0.25, -0.2) is 0 Å². The lowest BCUT2D eigenvalue weighted by Crippen LogP contribution is -2.10. The molecule has 0 spiro atoms. The fourth-order valence-corrected chi connectivity index (χ4v) is 2.08. The average Bonchev–Trinajstić information content (AvgIpc) is 2.53. The van der Waals surface area contributed by atoms with Gasteiger partial charge in [-0.15, -0.1) is 0 Å². The van der Waals surface area contributed by atoms with Gasteiger partial charge >= 0.3 is 0 Å². The van der Waals surface area contributed by atoms with Crippen LogP contribution < -0.4 is 10.5 Å². The molecule has 0 fully saturated rings. The maximum atomic E-state index is 10.2. The molecule has 3 N–H and O–H groups in total. The summed E-state index contributed by atoms with van der Waals surface area (Å²) in [5.74, 6) is 0.840. The quantitative estimate of drug-likeness (QED) is 0.849. The molecule has 0 radical (unpaired) electrons. The molecule has 2 aromatic carbocycles. The first-order valence-corrected chi connectivity index (χ1v) is 6.92. The van der Waals surface area contributed by atoms with Crippen molar-refractivity contribution in [1.29, 1.82) is 0 Å². The summed E-state index contributed by atoms with van der Waals surface area (Å²) in [5.41, 5.74) is 8.60. The smallest absolute Gasteiger partial charge is 0.122 e. The number of hydrogen-bond donors (Lipinski definition) is 2. The van der Waals surface area contributed by atoms with E-state index in [1.165, 1.54) is 0 Å². The summed E-state index contributed by atoms with van der Waals surface area (Å²) < 4.78 is 5.73. The van der Waals surface area contributed by atoms with Crippen molar-refractivity contribution in [3.8, 4) is 5.75 Å². The third-order valence-electron chi connectivity index (χ3n) is 3.35. The minimum atomic E-state index is -0.633. The number of benzene rings is 2. The maximum Gasteiger partial charge on any atom is 0.122 e. The highest BCUT2D eigenvalue weighted by molar-refractivity contribution is 5.33. The number of rotatable bonds is 6. The minimum Gasteiger partial charge on any atom is -0.490 e. The average molecular weight is 271 g/mol. The molecular formula is C17H21NO2. The summed E-state index contributed by atoms with van der Waals surface area (Å²) in [7, 11) is 0. The monoisotopic (exact) mass is 271 g/mol. The van der Waals surface area contributed by atoms with Gasteiger partial charge in [0, 0.05) is 6.54 Å². The maximum absolute atomic E-state index is 10.2. The van der Waals surface area contributed by atoms with Gasteiger partial charge in [0.25, 0.3) is 0 Å². The van der Waals surface area contributed by atoms with Gasteiger partial charge in [-0.05, 0) is 29.2 Å². The second kappa shape index (κ2) is 7.08. The van der Waals surface area contributed by atoms with E-state index in [0.29, 0.717) is 6.54 Å². The Morgan fingerprint density at radius 1 is 1.10 bits per heavy atom. The van der Waals surface area contributed by atoms with Crippen molar-refractivity contribution in [2.24, 2.45) is 5.73 Å². The second-order valence-electron chi connectivity index (χ2n) is 4.73. The number of para-hydroxylation sites is 1. The van der Waals surface area contributed by atoms with Crippen molar-refractivity contribution in [3.63, 3.8) is 0 Å². The molecule has 0 aromatic heterocycles. The second-order valence-corrected chi connectivity index (χ2v) is 4.73. The van der Waals surface area contributed by atoms with Crippen LogP contribution >= 0.6 is 0 Å². The first-order valence-electron chi connectivity index (χ1n) is 6.92. The highest BCUT2D eigenvalue weighted by Gasteiger charge is 2.09. The van der Waals surface area contributed by atoms with Crippen molar-refractivity contribution < 1.29 is 9.84 Å². The Bertz CT molecular complexity index is 537. The third kappa shape index (κ3) is 3.59. The largest absolute Gasteiger partial charge is 0.490 e. The van der Waals surface area contributed by atoms with Gasteiger partial charge in [-0.3, -0.25) is 0 Å². The van der Waals surface area contributed by atoms with Gasteiger partial charge in [-0.1, -0.05) is 49.4 Å². The number of hydrogen-bond acceptors (Lipinski definition) is 3. The van der Waals surface area contributed by atoms with E-state index in [4.69, 9.17) is 10.5 Å². The molecular weight excluding hydrogens is 250 g/mol. The zero-order chi connectivity index (χ0) is 14.4. The van der Waals surface area contributed by atoms with E-state index in [9.17, 15) is 5.11 Å². The Morgan fingerprint density at radius 3 is 2.45 bits per heavy atom. The summed E-state index contributed by atoms with van der Waals surface area (Å²) >= 11 is 0. The molecule has 0 saturated carbocycles. The Hall–Kier alpha value is -1.84. The van der Waals surface area contributed by atoms with Gasteiger partial charge in [0.15, 0.2) is 0 Å². The molecule has 0 aliphatic carbocycles. The zero-order valence-electron chi connectivity index (χ0n) is 11.8. The molecule has 3 heteroatoms. The highest BCUT2D eigenvalue weighted by Crippen LogP contribution is 2.21. The lowest BCUT2D eigenvalue weighted by atomic mass is 10.1.